The summed E-state index contributed by atoms with van der Waals surface area (Å²) in [7, 11) is -2.27. The van der Waals surface area contributed by atoms with Crippen molar-refractivity contribution < 1.29 is 13.6 Å². The maximum absolute atomic E-state index is 6.17. The highest BCUT2D eigenvalue weighted by atomic mass is 28.4. The Hall–Kier alpha value is -0.683. The van der Waals surface area contributed by atoms with Gasteiger partial charge in [-0.1, -0.05) is 36.8 Å². The van der Waals surface area contributed by atoms with Crippen molar-refractivity contribution in [1.29, 1.82) is 0 Å². The quantitative estimate of drug-likeness (QED) is 0.656. The third kappa shape index (κ3) is 3.91. The summed E-state index contributed by atoms with van der Waals surface area (Å²) < 4.78 is 17.6. The van der Waals surface area contributed by atoms with E-state index in [0.29, 0.717) is 13.2 Å². The van der Waals surface area contributed by atoms with Gasteiger partial charge >= 0.3 is 8.56 Å². The summed E-state index contributed by atoms with van der Waals surface area (Å²) in [5, 5.41) is 1.26. The molecule has 0 N–H and O–H groups in total. The van der Waals surface area contributed by atoms with E-state index < -0.39 is 8.56 Å². The van der Waals surface area contributed by atoms with Crippen molar-refractivity contribution >= 4 is 13.7 Å². The van der Waals surface area contributed by atoms with Gasteiger partial charge in [0, 0.05) is 19.1 Å². The second-order valence-corrected chi connectivity index (χ2v) is 8.44. The summed E-state index contributed by atoms with van der Waals surface area (Å²) in [5.41, 5.74) is 0. The van der Waals surface area contributed by atoms with Crippen LogP contribution in [-0.2, 0) is 13.6 Å². The van der Waals surface area contributed by atoms with Crippen LogP contribution in [0.5, 0.6) is 0 Å². The molecule has 1 aliphatic heterocycles. The molecule has 112 valence electrons. The zero-order valence-corrected chi connectivity index (χ0v) is 13.6. The lowest BCUT2D eigenvalue weighted by molar-refractivity contribution is -0.0359. The first-order valence-electron chi connectivity index (χ1n) is 7.72. The van der Waals surface area contributed by atoms with Crippen molar-refractivity contribution in [3.63, 3.8) is 0 Å². The van der Waals surface area contributed by atoms with Crippen LogP contribution in [0.4, 0.5) is 0 Å². The minimum atomic E-state index is -2.27. The topological polar surface area (TPSA) is 27.7 Å². The molecular weight excluding hydrogens is 268 g/mol. The van der Waals surface area contributed by atoms with Crippen molar-refractivity contribution in [3.8, 4) is 0 Å². The number of ether oxygens (including phenoxy) is 1. The molecule has 3 nitrogen and oxygen atoms in total. The Kier molecular flexibility index (Phi) is 6.23. The highest BCUT2D eigenvalue weighted by Crippen LogP contribution is 2.23. The van der Waals surface area contributed by atoms with Crippen LogP contribution in [0, 0.1) is 5.92 Å². The molecule has 0 bridgehead atoms. The van der Waals surface area contributed by atoms with E-state index in [1.807, 2.05) is 6.07 Å². The monoisotopic (exact) mass is 294 g/mol. The number of rotatable bonds is 9. The number of benzene rings is 1. The van der Waals surface area contributed by atoms with E-state index in [9.17, 15) is 0 Å². The van der Waals surface area contributed by atoms with E-state index in [-0.39, 0.29) is 0 Å². The summed E-state index contributed by atoms with van der Waals surface area (Å²) in [6.45, 7) is 7.42. The molecule has 1 aromatic carbocycles. The minimum absolute atomic E-state index is 0.716. The normalized spacial score (nSPS) is 16.1. The minimum Gasteiger partial charge on any atom is -0.391 e. The Bertz CT molecular complexity index is 373. The summed E-state index contributed by atoms with van der Waals surface area (Å²) >= 11 is 0. The Morgan fingerprint density at radius 1 is 1.10 bits per heavy atom. The van der Waals surface area contributed by atoms with Crippen molar-refractivity contribution in [1.82, 2.24) is 0 Å². The Morgan fingerprint density at radius 2 is 1.75 bits per heavy atom. The van der Waals surface area contributed by atoms with Gasteiger partial charge in [0.05, 0.1) is 13.2 Å². The lowest BCUT2D eigenvalue weighted by atomic mass is 10.0. The number of hydrogen-bond acceptors (Lipinski definition) is 3. The zero-order valence-electron chi connectivity index (χ0n) is 12.6. The van der Waals surface area contributed by atoms with Crippen molar-refractivity contribution in [3.05, 3.63) is 30.3 Å². The van der Waals surface area contributed by atoms with Gasteiger partial charge < -0.3 is 13.6 Å². The molecule has 20 heavy (non-hydrogen) atoms. The van der Waals surface area contributed by atoms with E-state index in [2.05, 4.69) is 38.1 Å². The summed E-state index contributed by atoms with van der Waals surface area (Å²) in [6, 6.07) is 11.6. The molecule has 0 amide bonds. The van der Waals surface area contributed by atoms with Crippen LogP contribution in [0.2, 0.25) is 6.04 Å². The van der Waals surface area contributed by atoms with Gasteiger partial charge in [0.15, 0.2) is 0 Å². The first-order chi connectivity index (χ1) is 9.80. The van der Waals surface area contributed by atoms with Gasteiger partial charge in [-0.05, 0) is 31.5 Å². The Labute approximate surface area is 123 Å². The molecule has 2 rings (SSSR count). The molecule has 0 saturated carbocycles. The maximum atomic E-state index is 6.17. The van der Waals surface area contributed by atoms with Crippen molar-refractivity contribution in [2.24, 2.45) is 5.92 Å². The summed E-state index contributed by atoms with van der Waals surface area (Å²) in [6.07, 6.45) is 2.39. The molecule has 1 aromatic rings. The van der Waals surface area contributed by atoms with Gasteiger partial charge in [-0.25, -0.2) is 0 Å². The molecule has 1 aliphatic rings. The van der Waals surface area contributed by atoms with Crippen molar-refractivity contribution in [2.75, 3.05) is 26.4 Å². The van der Waals surface area contributed by atoms with Crippen LogP contribution in [0.1, 0.15) is 26.7 Å². The van der Waals surface area contributed by atoms with Gasteiger partial charge in [-0.2, -0.15) is 0 Å². The fraction of sp³-hybridized carbons (Fsp3) is 0.625. The lowest BCUT2D eigenvalue weighted by Crippen LogP contribution is -2.54. The molecule has 0 aromatic heterocycles. The van der Waals surface area contributed by atoms with Gasteiger partial charge in [-0.15, -0.1) is 0 Å². The predicted octanol–water partition coefficient (Wildman–Crippen LogP) is 2.84. The van der Waals surface area contributed by atoms with Crippen LogP contribution in [-0.4, -0.2) is 35.0 Å². The SMILES string of the molecule is CCO[Si](CCCC1COC1)(OCC)c1ccccc1. The molecule has 0 atom stereocenters. The van der Waals surface area contributed by atoms with Gasteiger partial charge in [0.2, 0.25) is 0 Å². The van der Waals surface area contributed by atoms with Crippen molar-refractivity contribution in [2.45, 2.75) is 32.7 Å². The first kappa shape index (κ1) is 15.7. The molecule has 1 heterocycles. The predicted molar refractivity (Wildman–Crippen MR) is 83.4 cm³/mol. The van der Waals surface area contributed by atoms with Gasteiger partial charge in [0.1, 0.15) is 0 Å². The highest BCUT2D eigenvalue weighted by Gasteiger charge is 2.39. The third-order valence-corrected chi connectivity index (χ3v) is 7.53. The van der Waals surface area contributed by atoms with Crippen LogP contribution in [0.3, 0.4) is 0 Å². The van der Waals surface area contributed by atoms with E-state index in [0.717, 1.165) is 31.6 Å². The second kappa shape index (κ2) is 7.93. The molecule has 1 fully saturated rings. The van der Waals surface area contributed by atoms with E-state index >= 15 is 0 Å². The summed E-state index contributed by atoms with van der Waals surface area (Å²) in [4.78, 5) is 0. The fourth-order valence-electron chi connectivity index (χ4n) is 2.73. The molecule has 0 aliphatic carbocycles. The molecule has 1 saturated heterocycles. The first-order valence-corrected chi connectivity index (χ1v) is 9.74. The lowest BCUT2D eigenvalue weighted by Gasteiger charge is -2.32. The number of hydrogen-bond donors (Lipinski definition) is 0. The maximum Gasteiger partial charge on any atom is 0.372 e. The van der Waals surface area contributed by atoms with E-state index in [1.165, 1.54) is 11.6 Å². The van der Waals surface area contributed by atoms with Crippen LogP contribution in [0.15, 0.2) is 30.3 Å². The zero-order chi connectivity index (χ0) is 14.3. The third-order valence-electron chi connectivity index (χ3n) is 3.79. The standard InChI is InChI=1S/C16H26O3Si/c1-3-18-20(19-4-2,16-10-6-5-7-11-16)12-8-9-15-13-17-14-15/h5-7,10-11,15H,3-4,8-9,12-14H2,1-2H3. The Balaban J connectivity index is 2.04. The van der Waals surface area contributed by atoms with E-state index in [4.69, 9.17) is 13.6 Å². The largest absolute Gasteiger partial charge is 0.391 e. The highest BCUT2D eigenvalue weighted by molar-refractivity contribution is 6.81. The second-order valence-electron chi connectivity index (χ2n) is 5.28. The summed E-state index contributed by atoms with van der Waals surface area (Å²) in [5.74, 6) is 0.751. The Morgan fingerprint density at radius 3 is 2.25 bits per heavy atom. The van der Waals surface area contributed by atoms with Gasteiger partial charge in [0.25, 0.3) is 0 Å². The molecule has 0 unspecified atom stereocenters. The molecular formula is C16H26O3Si. The van der Waals surface area contributed by atoms with Crippen LogP contribution in [0.25, 0.3) is 0 Å². The molecule has 0 radical (unpaired) electrons. The molecule has 4 heteroatoms. The molecule has 0 spiro atoms. The van der Waals surface area contributed by atoms with Crippen LogP contribution >= 0.6 is 0 Å². The van der Waals surface area contributed by atoms with Crippen LogP contribution < -0.4 is 5.19 Å². The fourth-order valence-corrected chi connectivity index (χ4v) is 6.03. The average molecular weight is 294 g/mol. The smallest absolute Gasteiger partial charge is 0.372 e. The van der Waals surface area contributed by atoms with E-state index in [1.54, 1.807) is 0 Å². The van der Waals surface area contributed by atoms with Gasteiger partial charge in [-0.3, -0.25) is 0 Å². The average Bonchev–Trinajstić information content (AvgIpc) is 2.43.